The first-order valence-electron chi connectivity index (χ1n) is 25.4. The van der Waals surface area contributed by atoms with Crippen LogP contribution in [0.5, 0.6) is 0 Å². The van der Waals surface area contributed by atoms with E-state index >= 15 is 0 Å². The SMILES string of the molecule is C[C@@H]1O[C@@H](OCCNC(=O)CN(CC(=O)NCCCCCC(=O)NC[C@H](NC(=O)OCC2c3ccccc3-c3ccccc32)C(=O)ON2C(=O)CCC2=O)CC(=O)NCCO[C@@H]2O[C@@H](C)[C@@H](O)[C@@H](O)[C@@H]2O)[C@@H](O)[C@H](O)[C@@H]1O. The van der Waals surface area contributed by atoms with Crippen LogP contribution in [-0.2, 0) is 62.1 Å². The normalized spacial score (nSPS) is 25.3. The number of amides is 7. The Labute approximate surface area is 442 Å². The van der Waals surface area contributed by atoms with Crippen molar-refractivity contribution in [2.24, 2.45) is 0 Å². The van der Waals surface area contributed by atoms with Gasteiger partial charge < -0.3 is 85.7 Å². The highest BCUT2D eigenvalue weighted by Gasteiger charge is 2.44. The van der Waals surface area contributed by atoms with Crippen molar-refractivity contribution >= 4 is 47.5 Å². The number of imide groups is 1. The molecule has 0 bridgehead atoms. The van der Waals surface area contributed by atoms with Gasteiger partial charge in [-0.3, -0.25) is 33.7 Å². The summed E-state index contributed by atoms with van der Waals surface area (Å²) in [6.07, 6.45) is -13.3. The summed E-state index contributed by atoms with van der Waals surface area (Å²) in [5.74, 6) is -5.26. The minimum atomic E-state index is -1.56. The zero-order valence-corrected chi connectivity index (χ0v) is 42.7. The predicted octanol–water partition coefficient (Wildman–Crippen LogP) is -3.48. The van der Waals surface area contributed by atoms with Crippen molar-refractivity contribution in [2.75, 3.05) is 65.6 Å². The van der Waals surface area contributed by atoms with Gasteiger partial charge in [-0.1, -0.05) is 55.0 Å². The lowest BCUT2D eigenvalue weighted by atomic mass is 9.98. The molecule has 4 aliphatic rings. The summed E-state index contributed by atoms with van der Waals surface area (Å²) in [4.78, 5) is 109. The lowest BCUT2D eigenvalue weighted by Gasteiger charge is -2.38. The fraction of sp³-hybridized carbons (Fsp3) is 0.600. The van der Waals surface area contributed by atoms with Crippen molar-refractivity contribution in [3.63, 3.8) is 0 Å². The van der Waals surface area contributed by atoms with Crippen molar-refractivity contribution in [1.29, 1.82) is 0 Å². The standard InChI is InChI=1S/C50H69N7O20/c1-27-41(64)43(66)45(68)48(75-27)72-20-18-52-37(60)24-56(25-38(61)53-19-21-73-49-46(69)44(67)42(65)28(2)76-49)23-36(59)51-17-9-3-4-14-35(58)54-22-34(47(70)77-57-39(62)15-16-40(57)63)55-50(71)74-26-33-31-12-7-5-10-29(31)30-11-6-8-13-32(30)33/h5-8,10-13,27-28,33-34,41-46,48-49,64-69H,3-4,9,14-26H2,1-2H3,(H,51,59)(H,52,60)(H,53,61)(H,54,58)(H,55,71)/t27-,28-,34-,41+,42+,43+,44+,45-,46-,48+,49+/m0/s1. The number of ether oxygens (including phenoxy) is 5. The fourth-order valence-corrected chi connectivity index (χ4v) is 8.88. The molecule has 0 saturated carbocycles. The second-order valence-corrected chi connectivity index (χ2v) is 18.9. The maximum absolute atomic E-state index is 13.2. The second kappa shape index (κ2) is 28.9. The van der Waals surface area contributed by atoms with Crippen LogP contribution < -0.4 is 26.6 Å². The zero-order valence-electron chi connectivity index (χ0n) is 42.7. The lowest BCUT2D eigenvalue weighted by molar-refractivity contribution is -0.292. The number of hydrogen-bond acceptors (Lipinski definition) is 21. The van der Waals surface area contributed by atoms with E-state index in [1.165, 1.54) is 18.7 Å². The molecule has 11 N–H and O–H groups in total. The fourth-order valence-electron chi connectivity index (χ4n) is 8.88. The molecule has 0 radical (unpaired) electrons. The molecule has 0 unspecified atom stereocenters. The van der Waals surface area contributed by atoms with Gasteiger partial charge in [0.2, 0.25) is 23.6 Å². The first-order chi connectivity index (χ1) is 36.8. The molecule has 3 aliphatic heterocycles. The van der Waals surface area contributed by atoms with Crippen LogP contribution in [0.4, 0.5) is 4.79 Å². The van der Waals surface area contributed by atoms with E-state index in [0.717, 1.165) is 22.3 Å². The van der Waals surface area contributed by atoms with E-state index in [1.807, 2.05) is 48.5 Å². The van der Waals surface area contributed by atoms with Crippen molar-refractivity contribution in [3.05, 3.63) is 59.7 Å². The molecule has 0 spiro atoms. The summed E-state index contributed by atoms with van der Waals surface area (Å²) in [6, 6.07) is 13.8. The Morgan fingerprint density at radius 2 is 1.10 bits per heavy atom. The van der Waals surface area contributed by atoms with E-state index in [9.17, 15) is 69.0 Å². The Kier molecular flexibility index (Phi) is 22.5. The van der Waals surface area contributed by atoms with Crippen LogP contribution in [0.15, 0.2) is 48.5 Å². The van der Waals surface area contributed by atoms with Crippen LogP contribution >= 0.6 is 0 Å². The maximum Gasteiger partial charge on any atom is 0.407 e. The highest BCUT2D eigenvalue weighted by Crippen LogP contribution is 2.44. The largest absolute Gasteiger partial charge is 0.449 e. The Morgan fingerprint density at radius 3 is 1.61 bits per heavy atom. The molecule has 424 valence electrons. The summed E-state index contributed by atoms with van der Waals surface area (Å²) in [6.45, 7) is 0.686. The lowest BCUT2D eigenvalue weighted by Crippen LogP contribution is -2.57. The van der Waals surface area contributed by atoms with E-state index in [4.69, 9.17) is 28.5 Å². The molecule has 7 amide bonds. The molecule has 2 aromatic rings. The van der Waals surface area contributed by atoms with Crippen LogP contribution in [0, 0.1) is 0 Å². The summed E-state index contributed by atoms with van der Waals surface area (Å²) < 4.78 is 27.2. The molecule has 77 heavy (non-hydrogen) atoms. The van der Waals surface area contributed by atoms with Crippen LogP contribution in [0.3, 0.4) is 0 Å². The maximum atomic E-state index is 13.2. The predicted molar refractivity (Wildman–Crippen MR) is 263 cm³/mol. The Morgan fingerprint density at radius 1 is 0.623 bits per heavy atom. The molecule has 11 atom stereocenters. The smallest absolute Gasteiger partial charge is 0.407 e. The number of aliphatic hydroxyl groups excluding tert-OH is 6. The molecule has 0 aromatic heterocycles. The topological polar surface area (TPSA) is 380 Å². The highest BCUT2D eigenvalue weighted by molar-refractivity contribution is 6.02. The van der Waals surface area contributed by atoms with Crippen LogP contribution in [0.25, 0.3) is 11.1 Å². The zero-order chi connectivity index (χ0) is 55.8. The van der Waals surface area contributed by atoms with Gasteiger partial charge in [-0.15, -0.1) is 5.06 Å². The minimum Gasteiger partial charge on any atom is -0.449 e. The molecule has 3 saturated heterocycles. The summed E-state index contributed by atoms with van der Waals surface area (Å²) in [7, 11) is 0. The number of nitrogens with zero attached hydrogens (tertiary/aromatic N) is 2. The molecule has 3 fully saturated rings. The van der Waals surface area contributed by atoms with Crippen molar-refractivity contribution in [3.8, 4) is 11.1 Å². The number of benzene rings is 2. The number of carbonyl (C=O) groups is 8. The number of fused-ring (bicyclic) bond motifs is 3. The molecular weight excluding hydrogens is 1020 g/mol. The average Bonchev–Trinajstić information content (AvgIpc) is 3.91. The average molecular weight is 1090 g/mol. The van der Waals surface area contributed by atoms with Crippen LogP contribution in [0.1, 0.15) is 69.4 Å². The first kappa shape index (κ1) is 60.0. The number of rotatable bonds is 27. The number of unbranched alkanes of at least 4 members (excludes halogenated alkanes) is 2. The van der Waals surface area contributed by atoms with E-state index in [2.05, 4.69) is 26.6 Å². The Bertz CT molecular complexity index is 2260. The number of nitrogens with one attached hydrogen (secondary N) is 5. The van der Waals surface area contributed by atoms with Gasteiger partial charge in [0.15, 0.2) is 12.6 Å². The number of hydroxylamine groups is 2. The van der Waals surface area contributed by atoms with Gasteiger partial charge in [0.05, 0.1) is 45.1 Å². The van der Waals surface area contributed by atoms with Gasteiger partial charge in [0.25, 0.3) is 11.8 Å². The molecular formula is C50H69N7O20. The van der Waals surface area contributed by atoms with E-state index in [1.54, 1.807) is 0 Å². The van der Waals surface area contributed by atoms with E-state index in [-0.39, 0.29) is 64.6 Å². The Hall–Kier alpha value is -6.24. The molecule has 27 nitrogen and oxygen atoms in total. The minimum absolute atomic E-state index is 0.0330. The highest BCUT2D eigenvalue weighted by atomic mass is 16.7. The first-order valence-corrected chi connectivity index (χ1v) is 25.4. The van der Waals surface area contributed by atoms with Gasteiger partial charge >= 0.3 is 12.1 Å². The van der Waals surface area contributed by atoms with Crippen molar-refractivity contribution in [1.82, 2.24) is 36.5 Å². The summed E-state index contributed by atoms with van der Waals surface area (Å²) in [5, 5.41) is 73.4. The monoisotopic (exact) mass is 1090 g/mol. The third-order valence-electron chi connectivity index (χ3n) is 13.1. The third-order valence-corrected chi connectivity index (χ3v) is 13.1. The van der Waals surface area contributed by atoms with E-state index < -0.39 is 141 Å². The van der Waals surface area contributed by atoms with Gasteiger partial charge in [-0.25, -0.2) is 9.59 Å². The number of alkyl carbamates (subject to hydrolysis) is 1. The summed E-state index contributed by atoms with van der Waals surface area (Å²) >= 11 is 0. The van der Waals surface area contributed by atoms with Crippen molar-refractivity contribution < 1.29 is 97.5 Å². The second-order valence-electron chi connectivity index (χ2n) is 18.9. The number of hydrogen-bond donors (Lipinski definition) is 11. The third kappa shape index (κ3) is 16.9. The van der Waals surface area contributed by atoms with Gasteiger partial charge in [0, 0.05) is 51.4 Å². The van der Waals surface area contributed by atoms with Crippen LogP contribution in [0.2, 0.25) is 0 Å². The molecule has 6 rings (SSSR count). The van der Waals surface area contributed by atoms with Crippen molar-refractivity contribution in [2.45, 2.75) is 126 Å². The van der Waals surface area contributed by atoms with Gasteiger partial charge in [0.1, 0.15) is 49.3 Å². The number of aliphatic hydroxyl groups is 6. The van der Waals surface area contributed by atoms with Crippen LogP contribution in [-0.4, -0.2) is 221 Å². The van der Waals surface area contributed by atoms with Gasteiger partial charge in [-0.05, 0) is 48.9 Å². The number of carbonyl (C=O) groups excluding carboxylic acids is 8. The summed E-state index contributed by atoms with van der Waals surface area (Å²) in [5.41, 5.74) is 3.90. The molecule has 2 aromatic carbocycles. The van der Waals surface area contributed by atoms with E-state index in [0.29, 0.717) is 24.3 Å². The Balaban J connectivity index is 0.929. The molecule has 1 aliphatic carbocycles. The molecule has 3 heterocycles. The quantitative estimate of drug-likeness (QED) is 0.0306. The van der Waals surface area contributed by atoms with Gasteiger partial charge in [-0.2, -0.15) is 0 Å². The molecule has 27 heteroatoms.